The van der Waals surface area contributed by atoms with Crippen LogP contribution in [0.2, 0.25) is 0 Å². The first-order valence-corrected chi connectivity index (χ1v) is 9.71. The summed E-state index contributed by atoms with van der Waals surface area (Å²) in [6.07, 6.45) is 1.52. The van der Waals surface area contributed by atoms with Gasteiger partial charge in [-0.05, 0) is 0 Å². The topological polar surface area (TPSA) is 90.2 Å². The maximum absolute atomic E-state index is 4.34. The Hall–Kier alpha value is -2.05. The van der Waals surface area contributed by atoms with Crippen molar-refractivity contribution in [3.05, 3.63) is 29.4 Å². The van der Waals surface area contributed by atoms with Crippen LogP contribution in [-0.2, 0) is 21.7 Å². The lowest BCUT2D eigenvalue weighted by Crippen LogP contribution is -2.25. The second-order valence-electron chi connectivity index (χ2n) is 11.2. The highest BCUT2D eigenvalue weighted by Crippen LogP contribution is 2.29. The molecule has 0 N–H and O–H groups in total. The molecule has 0 atom stereocenters. The lowest BCUT2D eigenvalue weighted by Gasteiger charge is -2.26. The normalized spacial score (nSPS) is 13.0. The van der Waals surface area contributed by atoms with Crippen molar-refractivity contribution in [1.29, 1.82) is 0 Å². The molecule has 0 saturated carbocycles. The van der Waals surface area contributed by atoms with E-state index in [0.29, 0.717) is 11.6 Å². The van der Waals surface area contributed by atoms with Gasteiger partial charge in [0.05, 0.1) is 11.4 Å². The summed E-state index contributed by atoms with van der Waals surface area (Å²) < 4.78 is 0. The summed E-state index contributed by atoms with van der Waals surface area (Å²) in [4.78, 5) is 4.34. The predicted octanol–water partition coefficient (Wildman–Crippen LogP) is 4.33. The maximum atomic E-state index is 4.34. The smallest absolute Gasteiger partial charge is 0.178 e. The number of hydrogen-bond donors (Lipinski definition) is 0. The molecule has 0 aliphatic rings. The van der Waals surface area contributed by atoms with Crippen molar-refractivity contribution in [3.63, 3.8) is 0 Å². The predicted molar refractivity (Wildman–Crippen MR) is 112 cm³/mol. The van der Waals surface area contributed by atoms with E-state index in [1.54, 1.807) is 0 Å². The fraction of sp³-hybridized carbons (Fsp3) is 0.762. The molecule has 0 saturated heterocycles. The van der Waals surface area contributed by atoms with Crippen LogP contribution in [0.15, 0.2) is 6.33 Å². The van der Waals surface area contributed by atoms with Gasteiger partial charge in [0.2, 0.25) is 0 Å². The second-order valence-corrected chi connectivity index (χ2v) is 11.2. The van der Waals surface area contributed by atoms with Gasteiger partial charge in [0, 0.05) is 21.7 Å². The van der Waals surface area contributed by atoms with Crippen LogP contribution in [0.3, 0.4) is 0 Å². The molecule has 0 fully saturated rings. The molecule has 2 rings (SSSR count). The minimum Gasteiger partial charge on any atom is -0.237 e. The van der Waals surface area contributed by atoms with Crippen molar-refractivity contribution in [1.82, 2.24) is 35.6 Å². The Bertz CT molecular complexity index is 690. The summed E-state index contributed by atoms with van der Waals surface area (Å²) in [6, 6.07) is 0. The van der Waals surface area contributed by atoms with E-state index in [1.165, 1.54) is 6.33 Å². The molecule has 7 nitrogen and oxygen atoms in total. The average molecular weight is 388 g/mol. The van der Waals surface area contributed by atoms with Crippen LogP contribution in [0.25, 0.3) is 0 Å². The second kappa shape index (κ2) is 8.13. The molecular formula is C21H37N7. The molecule has 0 aliphatic heterocycles. The Morgan fingerprint density at radius 1 is 0.464 bits per heavy atom. The molecule has 2 heterocycles. The highest BCUT2D eigenvalue weighted by Gasteiger charge is 2.28. The van der Waals surface area contributed by atoms with E-state index in [4.69, 9.17) is 0 Å². The molecule has 0 bridgehead atoms. The zero-order valence-corrected chi connectivity index (χ0v) is 19.7. The Labute approximate surface area is 170 Å². The monoisotopic (exact) mass is 387 g/mol. The van der Waals surface area contributed by atoms with E-state index < -0.39 is 0 Å². The molecular weight excluding hydrogens is 350 g/mol. The van der Waals surface area contributed by atoms with Crippen LogP contribution in [0, 0.1) is 0 Å². The summed E-state index contributed by atoms with van der Waals surface area (Å²) in [5.74, 6) is 1.37. The van der Waals surface area contributed by atoms with Gasteiger partial charge in [-0.3, -0.25) is 0 Å². The van der Waals surface area contributed by atoms with Crippen molar-refractivity contribution >= 4 is 0 Å². The molecule has 2 aromatic heterocycles. The summed E-state index contributed by atoms with van der Waals surface area (Å²) in [5, 5.41) is 24.4. The molecule has 7 heteroatoms. The van der Waals surface area contributed by atoms with Crippen LogP contribution >= 0.6 is 0 Å². The van der Waals surface area contributed by atoms with Crippen molar-refractivity contribution in [2.45, 2.75) is 105 Å². The summed E-state index contributed by atoms with van der Waals surface area (Å²) in [6.45, 7) is 25.1. The maximum Gasteiger partial charge on any atom is 0.178 e. The van der Waals surface area contributed by atoms with E-state index in [1.807, 2.05) is 41.5 Å². The van der Waals surface area contributed by atoms with Gasteiger partial charge in [0.1, 0.15) is 6.33 Å². The molecule has 0 unspecified atom stereocenters. The molecule has 0 aromatic carbocycles. The quantitative estimate of drug-likeness (QED) is 0.664. The molecule has 0 spiro atoms. The van der Waals surface area contributed by atoms with Gasteiger partial charge in [0.15, 0.2) is 11.6 Å². The van der Waals surface area contributed by atoms with E-state index >= 15 is 0 Å². The fourth-order valence-corrected chi connectivity index (χ4v) is 2.16. The van der Waals surface area contributed by atoms with E-state index in [0.717, 1.165) is 11.4 Å². The number of rotatable bonds is 0. The molecule has 0 aliphatic carbocycles. The van der Waals surface area contributed by atoms with Gasteiger partial charge in [-0.2, -0.15) is 5.10 Å². The van der Waals surface area contributed by atoms with Crippen LogP contribution in [0.1, 0.15) is 106 Å². The Balaban J connectivity index is 0.000000280. The van der Waals surface area contributed by atoms with Gasteiger partial charge >= 0.3 is 0 Å². The van der Waals surface area contributed by atoms with E-state index in [-0.39, 0.29) is 21.7 Å². The molecule has 2 aromatic rings. The first-order valence-electron chi connectivity index (χ1n) is 9.71. The Morgan fingerprint density at radius 2 is 0.821 bits per heavy atom. The summed E-state index contributed by atoms with van der Waals surface area (Å²) >= 11 is 0. The third kappa shape index (κ3) is 6.84. The highest BCUT2D eigenvalue weighted by molar-refractivity contribution is 5.23. The SMILES string of the molecule is CC(C)(C)c1ncnnc1C(C)(C)C.CC(C)(C)c1nnc(C(C)(C)C)nn1. The zero-order chi connectivity index (χ0) is 22.0. The van der Waals surface area contributed by atoms with Crippen LogP contribution < -0.4 is 0 Å². The van der Waals surface area contributed by atoms with Crippen LogP contribution in [0.4, 0.5) is 0 Å². The minimum atomic E-state index is -0.0869. The van der Waals surface area contributed by atoms with Gasteiger partial charge in [-0.15, -0.1) is 25.5 Å². The zero-order valence-electron chi connectivity index (χ0n) is 19.7. The van der Waals surface area contributed by atoms with Crippen molar-refractivity contribution in [3.8, 4) is 0 Å². The minimum absolute atomic E-state index is 0.00384. The van der Waals surface area contributed by atoms with Gasteiger partial charge in [-0.1, -0.05) is 83.1 Å². The third-order valence-corrected chi connectivity index (χ3v) is 3.86. The lowest BCUT2D eigenvalue weighted by molar-refractivity contribution is 0.471. The van der Waals surface area contributed by atoms with E-state index in [2.05, 4.69) is 77.1 Å². The first-order chi connectivity index (χ1) is 12.4. The standard InChI is InChI=1S/C11H19N3.C10H18N4/c1-10(2,3)8-9(11(4,5)6)14-13-7-12-8;1-9(2,3)7-11-13-8(14-12-7)10(4,5)6/h7H,1-6H3;1-6H3. The van der Waals surface area contributed by atoms with Crippen molar-refractivity contribution in [2.75, 3.05) is 0 Å². The lowest BCUT2D eigenvalue weighted by atomic mass is 9.82. The third-order valence-electron chi connectivity index (χ3n) is 3.86. The number of aromatic nitrogens is 7. The van der Waals surface area contributed by atoms with Crippen LogP contribution in [0.5, 0.6) is 0 Å². The largest absolute Gasteiger partial charge is 0.237 e. The number of hydrogen-bond acceptors (Lipinski definition) is 7. The van der Waals surface area contributed by atoms with Gasteiger partial charge in [0.25, 0.3) is 0 Å². The first kappa shape index (κ1) is 24.0. The fourth-order valence-electron chi connectivity index (χ4n) is 2.16. The van der Waals surface area contributed by atoms with Gasteiger partial charge in [-0.25, -0.2) is 4.98 Å². The number of nitrogens with zero attached hydrogens (tertiary/aromatic N) is 7. The molecule has 0 radical (unpaired) electrons. The summed E-state index contributed by atoms with van der Waals surface area (Å²) in [5.41, 5.74) is 1.89. The van der Waals surface area contributed by atoms with Gasteiger partial charge < -0.3 is 0 Å². The average Bonchev–Trinajstić information content (AvgIpc) is 2.52. The van der Waals surface area contributed by atoms with Crippen molar-refractivity contribution < 1.29 is 0 Å². The molecule has 0 amide bonds. The highest BCUT2D eigenvalue weighted by atomic mass is 15.3. The molecule has 28 heavy (non-hydrogen) atoms. The molecule has 156 valence electrons. The summed E-state index contributed by atoms with van der Waals surface area (Å²) in [7, 11) is 0. The van der Waals surface area contributed by atoms with Crippen LogP contribution in [-0.4, -0.2) is 35.6 Å². The van der Waals surface area contributed by atoms with Crippen molar-refractivity contribution in [2.24, 2.45) is 0 Å². The Kier molecular flexibility index (Phi) is 6.97. The Morgan fingerprint density at radius 3 is 1.07 bits per heavy atom. The van der Waals surface area contributed by atoms with E-state index in [9.17, 15) is 0 Å².